The van der Waals surface area contributed by atoms with Crippen LogP contribution in [0.5, 0.6) is 0 Å². The van der Waals surface area contributed by atoms with Gasteiger partial charge in [-0.3, -0.25) is 0 Å². The number of rotatable bonds is 1. The van der Waals surface area contributed by atoms with Gasteiger partial charge in [-0.25, -0.2) is 0 Å². The summed E-state index contributed by atoms with van der Waals surface area (Å²) < 4.78 is 3.85. The lowest BCUT2D eigenvalue weighted by Crippen LogP contribution is -2.23. The second-order valence-electron chi connectivity index (χ2n) is 0.683. The van der Waals surface area contributed by atoms with Gasteiger partial charge in [-0.1, -0.05) is 0 Å². The van der Waals surface area contributed by atoms with E-state index in [0.717, 1.165) is 0 Å². The average Bonchev–Trinajstić information content (AvgIpc) is 1.35. The van der Waals surface area contributed by atoms with Gasteiger partial charge < -0.3 is 20.8 Å². The molecule has 0 aliphatic rings. The van der Waals surface area contributed by atoms with Crippen molar-refractivity contribution in [3.8, 4) is 0 Å². The lowest BCUT2D eigenvalue weighted by molar-refractivity contribution is -0.282. The Morgan fingerprint density at radius 2 is 2.29 bits per heavy atom. The van der Waals surface area contributed by atoms with Gasteiger partial charge in [0.1, 0.15) is 0 Å². The highest BCUT2D eigenvalue weighted by atomic mass is 16.7. The number of carboxylic acid groups (broad SMARTS) is 1. The highest BCUT2D eigenvalue weighted by molar-refractivity contribution is 5.53. The molecule has 0 aliphatic heterocycles. The number of hydrogen-bond acceptors (Lipinski definition) is 3. The molecule has 0 radical (unpaired) electrons. The highest BCUT2D eigenvalue weighted by Gasteiger charge is 1.70. The molecule has 0 heterocycles. The molecule has 0 aromatic rings. The molecule has 0 aromatic heterocycles. The molecule has 7 heavy (non-hydrogen) atoms. The Labute approximate surface area is 41.7 Å². The molecule has 0 atom stereocenters. The van der Waals surface area contributed by atoms with E-state index in [0.29, 0.717) is 0 Å². The molecule has 0 amide bonds. The van der Waals surface area contributed by atoms with Gasteiger partial charge in [0, 0.05) is 6.61 Å². The topological polar surface area (TPSA) is 85.9 Å². The van der Waals surface area contributed by atoms with Gasteiger partial charge in [0.25, 0.3) is 6.16 Å². The highest BCUT2D eigenvalue weighted by Crippen LogP contribution is 1.65. The molecule has 0 bridgehead atoms. The van der Waals surface area contributed by atoms with Gasteiger partial charge >= 0.3 is 0 Å². The van der Waals surface area contributed by atoms with E-state index in [-0.39, 0.29) is 12.8 Å². The summed E-state index contributed by atoms with van der Waals surface area (Å²) in [5.74, 6) is 0. The van der Waals surface area contributed by atoms with E-state index >= 15 is 0 Å². The predicted molar refractivity (Wildman–Crippen MR) is 23.0 cm³/mol. The average molecular weight is 107 g/mol. The van der Waals surface area contributed by atoms with E-state index in [4.69, 9.17) is 0 Å². The zero-order valence-corrected chi connectivity index (χ0v) is 4.43. The van der Waals surface area contributed by atoms with Crippen molar-refractivity contribution in [1.82, 2.24) is 6.15 Å². The number of carbonyl (C=O) groups excluding carboxylic acids is 1. The van der Waals surface area contributed by atoms with Crippen LogP contribution < -0.4 is 11.3 Å². The zero-order chi connectivity index (χ0) is 4.99. The lowest BCUT2D eigenvalue weighted by atomic mass is 10.9. The summed E-state index contributed by atoms with van der Waals surface area (Å²) in [6, 6.07) is 0. The second kappa shape index (κ2) is 5.23. The molecule has 4 heteroatoms. The van der Waals surface area contributed by atoms with Gasteiger partial charge in [-0.05, 0) is 6.92 Å². The van der Waals surface area contributed by atoms with Crippen LogP contribution in [0.3, 0.4) is 0 Å². The van der Waals surface area contributed by atoms with Crippen molar-refractivity contribution < 1.29 is 14.6 Å². The molecule has 44 valence electrons. The SMILES string of the molecule is CCOC(=O)[O-].[NH4+]. The number of hydrogen-bond donors (Lipinski definition) is 1. The number of carbonyl (C=O) groups is 1. The van der Waals surface area contributed by atoms with Gasteiger partial charge in [0.05, 0.1) is 0 Å². The third-order valence-electron chi connectivity index (χ3n) is 0.262. The molecule has 0 unspecified atom stereocenters. The van der Waals surface area contributed by atoms with Gasteiger partial charge in [-0.15, -0.1) is 0 Å². The van der Waals surface area contributed by atoms with Crippen LogP contribution in [0.25, 0.3) is 0 Å². The van der Waals surface area contributed by atoms with Crippen molar-refractivity contribution in [2.24, 2.45) is 0 Å². The van der Waals surface area contributed by atoms with Crippen molar-refractivity contribution in [2.45, 2.75) is 6.92 Å². The Balaban J connectivity index is 0. The minimum atomic E-state index is -1.46. The van der Waals surface area contributed by atoms with Crippen molar-refractivity contribution in [3.05, 3.63) is 0 Å². The summed E-state index contributed by atoms with van der Waals surface area (Å²) in [4.78, 5) is 9.27. The zero-order valence-electron chi connectivity index (χ0n) is 4.43. The number of ether oxygens (including phenoxy) is 1. The minimum absolute atomic E-state index is 0. The fourth-order valence-corrected chi connectivity index (χ4v) is 0.118. The summed E-state index contributed by atoms with van der Waals surface area (Å²) >= 11 is 0. The Hall–Kier alpha value is -0.770. The molecular weight excluding hydrogens is 98.0 g/mol. The third-order valence-corrected chi connectivity index (χ3v) is 0.262. The minimum Gasteiger partial charge on any atom is -0.550 e. The maximum atomic E-state index is 9.27. The van der Waals surface area contributed by atoms with Crippen LogP contribution in [0.4, 0.5) is 4.79 Å². The van der Waals surface area contributed by atoms with Crippen molar-refractivity contribution in [3.63, 3.8) is 0 Å². The Bertz CT molecular complexity index is 54.1. The molecular formula is C3H9NO3. The van der Waals surface area contributed by atoms with Crippen LogP contribution in [-0.4, -0.2) is 12.8 Å². The first-order valence-electron chi connectivity index (χ1n) is 1.61. The van der Waals surface area contributed by atoms with Gasteiger partial charge in [0.15, 0.2) is 0 Å². The molecule has 0 aliphatic carbocycles. The first-order chi connectivity index (χ1) is 2.77. The summed E-state index contributed by atoms with van der Waals surface area (Å²) in [6.07, 6.45) is -1.46. The van der Waals surface area contributed by atoms with Crippen LogP contribution in [0.2, 0.25) is 0 Å². The van der Waals surface area contributed by atoms with Crippen LogP contribution in [0.1, 0.15) is 6.92 Å². The summed E-state index contributed by atoms with van der Waals surface area (Å²) in [5.41, 5.74) is 0. The van der Waals surface area contributed by atoms with E-state index in [9.17, 15) is 9.90 Å². The second-order valence-corrected chi connectivity index (χ2v) is 0.683. The predicted octanol–water partition coefficient (Wildman–Crippen LogP) is -0.258. The monoisotopic (exact) mass is 107 g/mol. The molecule has 0 saturated carbocycles. The third kappa shape index (κ3) is 11.0. The summed E-state index contributed by atoms with van der Waals surface area (Å²) in [5, 5.41) is 9.27. The lowest BCUT2D eigenvalue weighted by Gasteiger charge is -1.99. The Morgan fingerprint density at radius 1 is 1.86 bits per heavy atom. The van der Waals surface area contributed by atoms with Crippen LogP contribution in [-0.2, 0) is 4.74 Å². The van der Waals surface area contributed by atoms with Gasteiger partial charge in [0.2, 0.25) is 0 Å². The maximum absolute atomic E-state index is 9.27. The molecule has 0 fully saturated rings. The van der Waals surface area contributed by atoms with E-state index in [1.807, 2.05) is 0 Å². The van der Waals surface area contributed by atoms with E-state index in [1.165, 1.54) is 0 Å². The van der Waals surface area contributed by atoms with E-state index in [1.54, 1.807) is 6.92 Å². The fraction of sp³-hybridized carbons (Fsp3) is 0.667. The molecule has 0 aromatic carbocycles. The summed E-state index contributed by atoms with van der Waals surface area (Å²) in [7, 11) is 0. The standard InChI is InChI=1S/C3H6O3.H3N/c1-2-6-3(4)5;/h2H2,1H3,(H,4,5);1H3. The van der Waals surface area contributed by atoms with Crippen LogP contribution in [0.15, 0.2) is 0 Å². The van der Waals surface area contributed by atoms with Crippen LogP contribution in [0, 0.1) is 0 Å². The Morgan fingerprint density at radius 3 is 2.29 bits per heavy atom. The van der Waals surface area contributed by atoms with Crippen molar-refractivity contribution in [1.29, 1.82) is 0 Å². The maximum Gasteiger partial charge on any atom is 0.251 e. The fourth-order valence-electron chi connectivity index (χ4n) is 0.118. The van der Waals surface area contributed by atoms with E-state index < -0.39 is 6.16 Å². The quantitative estimate of drug-likeness (QED) is 0.468. The molecule has 0 saturated heterocycles. The molecule has 4 nitrogen and oxygen atoms in total. The first-order valence-corrected chi connectivity index (χ1v) is 1.61. The first kappa shape index (κ1) is 9.52. The smallest absolute Gasteiger partial charge is 0.251 e. The van der Waals surface area contributed by atoms with E-state index in [2.05, 4.69) is 4.74 Å². The van der Waals surface area contributed by atoms with Crippen molar-refractivity contribution in [2.75, 3.05) is 6.61 Å². The normalized spacial score (nSPS) is 6.43. The van der Waals surface area contributed by atoms with Crippen LogP contribution >= 0.6 is 0 Å². The largest absolute Gasteiger partial charge is 0.550 e. The number of quaternary nitrogens is 1. The Kier molecular flexibility index (Phi) is 7.12. The van der Waals surface area contributed by atoms with Gasteiger partial charge in [-0.2, -0.15) is 0 Å². The summed E-state index contributed by atoms with van der Waals surface area (Å²) in [6.45, 7) is 1.75. The molecule has 0 spiro atoms. The molecule has 0 rings (SSSR count). The van der Waals surface area contributed by atoms with Crippen molar-refractivity contribution >= 4 is 6.16 Å². The molecule has 4 N–H and O–H groups in total.